The van der Waals surface area contributed by atoms with Gasteiger partial charge in [-0.3, -0.25) is 0 Å². The molecule has 0 spiro atoms. The Bertz CT molecular complexity index is 768. The van der Waals surface area contributed by atoms with Gasteiger partial charge in [0.15, 0.2) is 6.10 Å². The minimum Gasteiger partial charge on any atom is -0.481 e. The molecule has 1 atom stereocenters. The fourth-order valence-corrected chi connectivity index (χ4v) is 2.33. The van der Waals surface area contributed by atoms with E-state index in [-0.39, 0.29) is 6.10 Å². The van der Waals surface area contributed by atoms with E-state index in [4.69, 9.17) is 9.26 Å². The maximum Gasteiger partial charge on any atom is 0.267 e. The second-order valence-corrected chi connectivity index (χ2v) is 5.96. The summed E-state index contributed by atoms with van der Waals surface area (Å²) in [5.74, 6) is 1.79. The number of aryl methyl sites for hydroxylation is 1. The van der Waals surface area contributed by atoms with Crippen molar-refractivity contribution in [2.75, 3.05) is 0 Å². The first kappa shape index (κ1) is 14.8. The predicted molar refractivity (Wildman–Crippen MR) is 87.7 cm³/mol. The molecule has 112 valence electrons. The molecular weight excluding hydrogens is 344 g/mol. The summed E-state index contributed by atoms with van der Waals surface area (Å²) in [6.45, 7) is 3.92. The van der Waals surface area contributed by atoms with Crippen LogP contribution in [0.3, 0.4) is 0 Å². The van der Waals surface area contributed by atoms with E-state index in [2.05, 4.69) is 26.1 Å². The molecule has 22 heavy (non-hydrogen) atoms. The van der Waals surface area contributed by atoms with Crippen LogP contribution in [0.1, 0.15) is 24.5 Å². The summed E-state index contributed by atoms with van der Waals surface area (Å²) in [5.41, 5.74) is 2.09. The molecule has 1 unspecified atom stereocenters. The largest absolute Gasteiger partial charge is 0.481 e. The van der Waals surface area contributed by atoms with Gasteiger partial charge in [0.05, 0.1) is 0 Å². The molecule has 0 bridgehead atoms. The molecular formula is C17H15BrN2O2. The summed E-state index contributed by atoms with van der Waals surface area (Å²) < 4.78 is 12.1. The smallest absolute Gasteiger partial charge is 0.267 e. The van der Waals surface area contributed by atoms with Gasteiger partial charge in [0.2, 0.25) is 5.82 Å². The minimum atomic E-state index is -0.313. The van der Waals surface area contributed by atoms with Crippen molar-refractivity contribution in [1.82, 2.24) is 10.1 Å². The number of halogens is 1. The third kappa shape index (κ3) is 3.36. The zero-order chi connectivity index (χ0) is 15.5. The van der Waals surface area contributed by atoms with E-state index in [0.29, 0.717) is 11.7 Å². The first-order valence-corrected chi connectivity index (χ1v) is 7.74. The van der Waals surface area contributed by atoms with Crippen LogP contribution in [0.25, 0.3) is 11.4 Å². The van der Waals surface area contributed by atoms with Gasteiger partial charge in [-0.15, -0.1) is 0 Å². The average Bonchev–Trinajstić information content (AvgIpc) is 3.00. The van der Waals surface area contributed by atoms with Crippen LogP contribution in [0.4, 0.5) is 0 Å². The van der Waals surface area contributed by atoms with Gasteiger partial charge in [0.25, 0.3) is 5.89 Å². The summed E-state index contributed by atoms with van der Waals surface area (Å²) in [5, 5.41) is 4.03. The highest BCUT2D eigenvalue weighted by molar-refractivity contribution is 9.10. The minimum absolute atomic E-state index is 0.313. The van der Waals surface area contributed by atoms with Crippen molar-refractivity contribution < 1.29 is 9.26 Å². The number of hydrogen-bond donors (Lipinski definition) is 0. The van der Waals surface area contributed by atoms with Gasteiger partial charge in [0.1, 0.15) is 5.75 Å². The molecule has 0 aliphatic rings. The van der Waals surface area contributed by atoms with Gasteiger partial charge in [-0.2, -0.15) is 4.98 Å². The number of benzene rings is 2. The molecule has 0 radical (unpaired) electrons. The predicted octanol–water partition coefficient (Wildman–Crippen LogP) is 4.95. The van der Waals surface area contributed by atoms with E-state index in [0.717, 1.165) is 21.3 Å². The quantitative estimate of drug-likeness (QED) is 0.662. The Morgan fingerprint density at radius 1 is 1.14 bits per heavy atom. The van der Waals surface area contributed by atoms with Crippen molar-refractivity contribution in [2.24, 2.45) is 0 Å². The summed E-state index contributed by atoms with van der Waals surface area (Å²) in [6.07, 6.45) is -0.313. The van der Waals surface area contributed by atoms with Gasteiger partial charge in [-0.1, -0.05) is 44.8 Å². The number of aromatic nitrogens is 2. The van der Waals surface area contributed by atoms with Gasteiger partial charge < -0.3 is 9.26 Å². The van der Waals surface area contributed by atoms with Crippen LogP contribution >= 0.6 is 15.9 Å². The fraction of sp³-hybridized carbons (Fsp3) is 0.176. The van der Waals surface area contributed by atoms with Crippen molar-refractivity contribution in [3.8, 4) is 17.1 Å². The highest BCUT2D eigenvalue weighted by Gasteiger charge is 2.16. The van der Waals surface area contributed by atoms with E-state index in [1.165, 1.54) is 0 Å². The first-order valence-electron chi connectivity index (χ1n) is 6.95. The van der Waals surface area contributed by atoms with Crippen LogP contribution in [0.5, 0.6) is 5.75 Å². The molecule has 0 aliphatic heterocycles. The van der Waals surface area contributed by atoms with E-state index < -0.39 is 0 Å². The van der Waals surface area contributed by atoms with Crippen LogP contribution in [0, 0.1) is 6.92 Å². The normalized spacial score (nSPS) is 12.1. The van der Waals surface area contributed by atoms with E-state index in [1.807, 2.05) is 62.4 Å². The molecule has 0 N–H and O–H groups in total. The SMILES string of the molecule is Cc1cccc(-c2noc(C(C)Oc3ccc(Br)cc3)n2)c1. The van der Waals surface area contributed by atoms with Crippen molar-refractivity contribution in [3.05, 3.63) is 64.5 Å². The lowest BCUT2D eigenvalue weighted by atomic mass is 10.1. The summed E-state index contributed by atoms with van der Waals surface area (Å²) in [4.78, 5) is 4.42. The standard InChI is InChI=1S/C17H15BrN2O2/c1-11-4-3-5-13(10-11)16-19-17(22-20-16)12(2)21-15-8-6-14(18)7-9-15/h3-10,12H,1-2H3. The molecule has 3 aromatic rings. The molecule has 3 rings (SSSR count). The summed E-state index contributed by atoms with van der Waals surface area (Å²) >= 11 is 3.40. The van der Waals surface area contributed by atoms with Gasteiger partial charge in [-0.05, 0) is 44.2 Å². The number of rotatable bonds is 4. The Labute approximate surface area is 137 Å². The number of ether oxygens (including phenoxy) is 1. The number of nitrogens with zero attached hydrogens (tertiary/aromatic N) is 2. The second-order valence-electron chi connectivity index (χ2n) is 5.04. The molecule has 5 heteroatoms. The average molecular weight is 359 g/mol. The van der Waals surface area contributed by atoms with Crippen LogP contribution < -0.4 is 4.74 Å². The first-order chi connectivity index (χ1) is 10.6. The molecule has 0 amide bonds. The zero-order valence-corrected chi connectivity index (χ0v) is 13.9. The molecule has 0 saturated carbocycles. The van der Waals surface area contributed by atoms with E-state index >= 15 is 0 Å². The lowest BCUT2D eigenvalue weighted by Gasteiger charge is -2.10. The number of hydrogen-bond acceptors (Lipinski definition) is 4. The molecule has 1 aromatic heterocycles. The highest BCUT2D eigenvalue weighted by Crippen LogP contribution is 2.24. The van der Waals surface area contributed by atoms with Gasteiger partial charge in [0, 0.05) is 10.0 Å². The topological polar surface area (TPSA) is 48.2 Å². The van der Waals surface area contributed by atoms with Gasteiger partial charge >= 0.3 is 0 Å². The highest BCUT2D eigenvalue weighted by atomic mass is 79.9. The fourth-order valence-electron chi connectivity index (χ4n) is 2.07. The Morgan fingerprint density at radius 3 is 2.64 bits per heavy atom. The molecule has 0 saturated heterocycles. The molecule has 0 aliphatic carbocycles. The van der Waals surface area contributed by atoms with Crippen LogP contribution in [0.15, 0.2) is 57.5 Å². The van der Waals surface area contributed by atoms with Gasteiger partial charge in [-0.25, -0.2) is 0 Å². The molecule has 1 heterocycles. The van der Waals surface area contributed by atoms with Crippen LogP contribution in [0.2, 0.25) is 0 Å². The summed E-state index contributed by atoms with van der Waals surface area (Å²) in [7, 11) is 0. The molecule has 4 nitrogen and oxygen atoms in total. The monoisotopic (exact) mass is 358 g/mol. The van der Waals surface area contributed by atoms with Crippen molar-refractivity contribution in [3.63, 3.8) is 0 Å². The maximum absolute atomic E-state index is 5.81. The second kappa shape index (κ2) is 6.32. The lowest BCUT2D eigenvalue weighted by molar-refractivity contribution is 0.176. The molecule has 0 fully saturated rings. The lowest BCUT2D eigenvalue weighted by Crippen LogP contribution is -2.03. The summed E-state index contributed by atoms with van der Waals surface area (Å²) in [6, 6.07) is 15.6. The van der Waals surface area contributed by atoms with Crippen molar-refractivity contribution >= 4 is 15.9 Å². The van der Waals surface area contributed by atoms with Crippen LogP contribution in [-0.4, -0.2) is 10.1 Å². The zero-order valence-electron chi connectivity index (χ0n) is 12.3. The Morgan fingerprint density at radius 2 is 1.91 bits per heavy atom. The van der Waals surface area contributed by atoms with Crippen LogP contribution in [-0.2, 0) is 0 Å². The third-order valence-electron chi connectivity index (χ3n) is 3.19. The Hall–Kier alpha value is -2.14. The van der Waals surface area contributed by atoms with E-state index in [1.54, 1.807) is 0 Å². The third-order valence-corrected chi connectivity index (χ3v) is 3.72. The van der Waals surface area contributed by atoms with Crippen molar-refractivity contribution in [2.45, 2.75) is 20.0 Å². The maximum atomic E-state index is 5.81. The Kier molecular flexibility index (Phi) is 4.24. The Balaban J connectivity index is 1.76. The van der Waals surface area contributed by atoms with E-state index in [9.17, 15) is 0 Å². The molecule has 2 aromatic carbocycles. The van der Waals surface area contributed by atoms with Crippen molar-refractivity contribution in [1.29, 1.82) is 0 Å².